The van der Waals surface area contributed by atoms with E-state index in [0.717, 1.165) is 12.8 Å². The number of Topliss-reactive ketones (excluding diaryl/α,β-unsaturated/α-hetero) is 1. The van der Waals surface area contributed by atoms with Gasteiger partial charge < -0.3 is 13.9 Å². The number of imidazole rings is 1. The minimum Gasteiger partial charge on any atom is -0.445 e. The van der Waals surface area contributed by atoms with Crippen LogP contribution in [0.15, 0.2) is 16.8 Å². The number of carbonyl (C=O) groups is 2. The summed E-state index contributed by atoms with van der Waals surface area (Å²) in [6, 6.07) is 0. The smallest absolute Gasteiger partial charge is 0.276 e. The number of oxazole rings is 1. The molecule has 0 bridgehead atoms. The number of ketones is 1. The van der Waals surface area contributed by atoms with Crippen LogP contribution in [-0.4, -0.2) is 44.2 Å². The van der Waals surface area contributed by atoms with Gasteiger partial charge >= 0.3 is 0 Å². The Bertz CT molecular complexity index is 746. The summed E-state index contributed by atoms with van der Waals surface area (Å²) in [6.07, 6.45) is 4.93. The van der Waals surface area contributed by atoms with Crippen molar-refractivity contribution < 1.29 is 14.0 Å². The molecule has 0 unspecified atom stereocenters. The van der Waals surface area contributed by atoms with Gasteiger partial charge in [-0.15, -0.1) is 0 Å². The molecule has 0 aliphatic carbocycles. The maximum absolute atomic E-state index is 12.6. The van der Waals surface area contributed by atoms with Gasteiger partial charge in [0.05, 0.1) is 0 Å². The molecule has 1 aliphatic heterocycles. The number of hydrogen-bond acceptors (Lipinski definition) is 5. The number of rotatable bonds is 3. The Labute approximate surface area is 134 Å². The lowest BCUT2D eigenvalue weighted by Gasteiger charge is -2.31. The standard InChI is InChI=1S/C16H20N4O3/c1-10-13(18-11(2)23-10)16(22)20-7-4-5-12(9-20)14(21)15-17-6-8-19(15)3/h6,8,12H,4-5,7,9H2,1-3H3/t12-/m1/s1. The summed E-state index contributed by atoms with van der Waals surface area (Å²) in [5.41, 5.74) is 0.340. The molecule has 1 saturated heterocycles. The molecule has 3 rings (SSSR count). The lowest BCUT2D eigenvalue weighted by atomic mass is 9.93. The Kier molecular flexibility index (Phi) is 4.02. The van der Waals surface area contributed by atoms with Gasteiger partial charge in [-0.25, -0.2) is 9.97 Å². The summed E-state index contributed by atoms with van der Waals surface area (Å²) in [5.74, 6) is 1.04. The van der Waals surface area contributed by atoms with Crippen LogP contribution in [0, 0.1) is 19.8 Å². The molecule has 1 amide bonds. The molecule has 0 aromatic carbocycles. The Morgan fingerprint density at radius 2 is 2.13 bits per heavy atom. The van der Waals surface area contributed by atoms with Crippen LogP contribution in [0.4, 0.5) is 0 Å². The largest absolute Gasteiger partial charge is 0.445 e. The predicted molar refractivity (Wildman–Crippen MR) is 82.1 cm³/mol. The van der Waals surface area contributed by atoms with Crippen LogP contribution in [0.2, 0.25) is 0 Å². The fraction of sp³-hybridized carbons (Fsp3) is 0.500. The zero-order chi connectivity index (χ0) is 16.6. The number of aromatic nitrogens is 3. The van der Waals surface area contributed by atoms with Gasteiger partial charge in [-0.1, -0.05) is 0 Å². The Hall–Kier alpha value is -2.44. The molecule has 1 aliphatic rings. The van der Waals surface area contributed by atoms with Gasteiger partial charge in [-0.05, 0) is 19.8 Å². The number of amides is 1. The Morgan fingerprint density at radius 3 is 2.74 bits per heavy atom. The average molecular weight is 316 g/mol. The van der Waals surface area contributed by atoms with E-state index in [1.165, 1.54) is 0 Å². The Balaban J connectivity index is 1.76. The maximum Gasteiger partial charge on any atom is 0.276 e. The number of aryl methyl sites for hydroxylation is 3. The lowest BCUT2D eigenvalue weighted by molar-refractivity contribution is 0.0627. The lowest BCUT2D eigenvalue weighted by Crippen LogP contribution is -2.43. The van der Waals surface area contributed by atoms with E-state index in [9.17, 15) is 9.59 Å². The van der Waals surface area contributed by atoms with E-state index in [1.54, 1.807) is 42.8 Å². The van der Waals surface area contributed by atoms with Crippen LogP contribution < -0.4 is 0 Å². The van der Waals surface area contributed by atoms with Crippen molar-refractivity contribution in [2.45, 2.75) is 26.7 Å². The minimum atomic E-state index is -0.220. The molecule has 122 valence electrons. The highest BCUT2D eigenvalue weighted by atomic mass is 16.4. The summed E-state index contributed by atoms with van der Waals surface area (Å²) in [6.45, 7) is 4.48. The number of carbonyl (C=O) groups excluding carboxylic acids is 2. The fourth-order valence-corrected chi connectivity index (χ4v) is 3.04. The number of likely N-dealkylation sites (tertiary alicyclic amines) is 1. The second-order valence-corrected chi connectivity index (χ2v) is 5.95. The third-order valence-corrected chi connectivity index (χ3v) is 4.23. The van der Waals surface area contributed by atoms with Crippen molar-refractivity contribution in [3.63, 3.8) is 0 Å². The maximum atomic E-state index is 12.6. The molecule has 0 N–H and O–H groups in total. The van der Waals surface area contributed by atoms with E-state index in [0.29, 0.717) is 36.3 Å². The molecule has 7 heteroatoms. The highest BCUT2D eigenvalue weighted by molar-refractivity contribution is 5.97. The predicted octanol–water partition coefficient (Wildman–Crippen LogP) is 1.76. The summed E-state index contributed by atoms with van der Waals surface area (Å²) in [7, 11) is 1.80. The number of hydrogen-bond donors (Lipinski definition) is 0. The van der Waals surface area contributed by atoms with Crippen molar-refractivity contribution in [3.05, 3.63) is 35.6 Å². The van der Waals surface area contributed by atoms with Crippen molar-refractivity contribution in [1.82, 2.24) is 19.4 Å². The molecule has 23 heavy (non-hydrogen) atoms. The van der Waals surface area contributed by atoms with Crippen LogP contribution in [0.5, 0.6) is 0 Å². The van der Waals surface area contributed by atoms with E-state index in [2.05, 4.69) is 9.97 Å². The average Bonchev–Trinajstić information content (AvgIpc) is 3.11. The molecule has 2 aromatic heterocycles. The van der Waals surface area contributed by atoms with E-state index < -0.39 is 0 Å². The van der Waals surface area contributed by atoms with Crippen LogP contribution in [-0.2, 0) is 7.05 Å². The quantitative estimate of drug-likeness (QED) is 0.806. The highest BCUT2D eigenvalue weighted by Gasteiger charge is 2.32. The minimum absolute atomic E-state index is 0.0111. The summed E-state index contributed by atoms with van der Waals surface area (Å²) >= 11 is 0. The number of piperidine rings is 1. The first-order valence-electron chi connectivity index (χ1n) is 7.72. The molecular formula is C16H20N4O3. The van der Waals surface area contributed by atoms with Crippen LogP contribution >= 0.6 is 0 Å². The van der Waals surface area contributed by atoms with Crippen LogP contribution in [0.3, 0.4) is 0 Å². The van der Waals surface area contributed by atoms with Gasteiger partial charge in [0.2, 0.25) is 5.78 Å². The SMILES string of the molecule is Cc1nc(C(=O)N2CCC[C@@H](C(=O)c3nccn3C)C2)c(C)o1. The van der Waals surface area contributed by atoms with Gasteiger partial charge in [-0.2, -0.15) is 0 Å². The van der Waals surface area contributed by atoms with Gasteiger partial charge in [0.25, 0.3) is 5.91 Å². The molecule has 0 radical (unpaired) electrons. The van der Waals surface area contributed by atoms with Gasteiger partial charge in [-0.3, -0.25) is 9.59 Å². The summed E-state index contributed by atoms with van der Waals surface area (Å²) < 4.78 is 7.05. The van der Waals surface area contributed by atoms with Crippen molar-refractivity contribution in [2.75, 3.05) is 13.1 Å². The molecule has 3 heterocycles. The fourth-order valence-electron chi connectivity index (χ4n) is 3.04. The second kappa shape index (κ2) is 5.98. The first-order valence-corrected chi connectivity index (χ1v) is 7.72. The summed E-state index contributed by atoms with van der Waals surface area (Å²) in [4.78, 5) is 35.2. The molecule has 1 fully saturated rings. The normalized spacial score (nSPS) is 18.2. The first-order chi connectivity index (χ1) is 11.0. The molecule has 0 spiro atoms. The van der Waals surface area contributed by atoms with E-state index in [-0.39, 0.29) is 17.6 Å². The third kappa shape index (κ3) is 2.91. The zero-order valence-corrected chi connectivity index (χ0v) is 13.6. The molecule has 7 nitrogen and oxygen atoms in total. The highest BCUT2D eigenvalue weighted by Crippen LogP contribution is 2.22. The molecule has 1 atom stereocenters. The van der Waals surface area contributed by atoms with Crippen LogP contribution in [0.1, 0.15) is 45.6 Å². The molecule has 0 saturated carbocycles. The number of nitrogens with zero attached hydrogens (tertiary/aromatic N) is 4. The van der Waals surface area contributed by atoms with Crippen molar-refractivity contribution in [2.24, 2.45) is 13.0 Å². The van der Waals surface area contributed by atoms with Crippen LogP contribution in [0.25, 0.3) is 0 Å². The van der Waals surface area contributed by atoms with Gasteiger partial charge in [0.1, 0.15) is 5.76 Å². The van der Waals surface area contributed by atoms with E-state index >= 15 is 0 Å². The Morgan fingerprint density at radius 1 is 1.35 bits per heavy atom. The molecule has 2 aromatic rings. The monoisotopic (exact) mass is 316 g/mol. The van der Waals surface area contributed by atoms with E-state index in [4.69, 9.17) is 4.42 Å². The molecular weight excluding hydrogens is 296 g/mol. The van der Waals surface area contributed by atoms with Crippen molar-refractivity contribution in [1.29, 1.82) is 0 Å². The first kappa shape index (κ1) is 15.5. The topological polar surface area (TPSA) is 81.2 Å². The second-order valence-electron chi connectivity index (χ2n) is 5.95. The van der Waals surface area contributed by atoms with Gasteiger partial charge in [0.15, 0.2) is 17.4 Å². The van der Waals surface area contributed by atoms with E-state index in [1.807, 2.05) is 0 Å². The van der Waals surface area contributed by atoms with Crippen molar-refractivity contribution >= 4 is 11.7 Å². The third-order valence-electron chi connectivity index (χ3n) is 4.23. The van der Waals surface area contributed by atoms with Crippen molar-refractivity contribution in [3.8, 4) is 0 Å². The zero-order valence-electron chi connectivity index (χ0n) is 13.6. The summed E-state index contributed by atoms with van der Waals surface area (Å²) in [5, 5.41) is 0. The van der Waals surface area contributed by atoms with Gasteiger partial charge in [0, 0.05) is 45.4 Å².